The molecule has 2 saturated heterocycles. The van der Waals surface area contributed by atoms with Gasteiger partial charge in [0.25, 0.3) is 0 Å². The molecule has 1 aromatic rings. The second-order valence-corrected chi connectivity index (χ2v) is 7.57. The van der Waals surface area contributed by atoms with E-state index in [1.807, 2.05) is 6.07 Å². The van der Waals surface area contributed by atoms with E-state index in [1.165, 1.54) is 12.0 Å². The molecule has 0 aliphatic carbocycles. The van der Waals surface area contributed by atoms with Gasteiger partial charge in [-0.15, -0.1) is 0 Å². The van der Waals surface area contributed by atoms with Crippen LogP contribution in [0.4, 0.5) is 0 Å². The molecule has 0 amide bonds. The normalized spacial score (nSPS) is 20.7. The quantitative estimate of drug-likeness (QED) is 0.406. The van der Waals surface area contributed by atoms with Crippen LogP contribution in [-0.2, 0) is 11.2 Å². The number of morpholine rings is 1. The van der Waals surface area contributed by atoms with Crippen LogP contribution >= 0.6 is 0 Å². The van der Waals surface area contributed by atoms with Crippen LogP contribution in [0.5, 0.6) is 11.5 Å². The Morgan fingerprint density at radius 2 is 1.97 bits per heavy atom. The van der Waals surface area contributed by atoms with Gasteiger partial charge in [0, 0.05) is 45.3 Å². The van der Waals surface area contributed by atoms with Crippen molar-refractivity contribution in [1.29, 1.82) is 0 Å². The molecule has 1 N–H and O–H groups in total. The molecule has 0 bridgehead atoms. The smallest absolute Gasteiger partial charge is 0.193 e. The van der Waals surface area contributed by atoms with Crippen molar-refractivity contribution in [2.24, 2.45) is 4.99 Å². The highest BCUT2D eigenvalue weighted by molar-refractivity contribution is 5.80. The third-order valence-corrected chi connectivity index (χ3v) is 5.69. The van der Waals surface area contributed by atoms with Crippen molar-refractivity contribution in [3.8, 4) is 11.5 Å². The highest BCUT2D eigenvalue weighted by Crippen LogP contribution is 2.28. The van der Waals surface area contributed by atoms with Crippen LogP contribution in [0.2, 0.25) is 0 Å². The predicted octanol–water partition coefficient (Wildman–Crippen LogP) is 2.01. The summed E-state index contributed by atoms with van der Waals surface area (Å²) >= 11 is 0. The van der Waals surface area contributed by atoms with E-state index in [9.17, 15) is 0 Å². The number of likely N-dealkylation sites (tertiary alicyclic amines) is 1. The highest BCUT2D eigenvalue weighted by atomic mass is 16.5. The van der Waals surface area contributed by atoms with E-state index in [-0.39, 0.29) is 0 Å². The molecular weight excluding hydrogens is 368 g/mol. The van der Waals surface area contributed by atoms with E-state index < -0.39 is 0 Å². The number of ether oxygens (including phenoxy) is 3. The second-order valence-electron chi connectivity index (χ2n) is 7.57. The largest absolute Gasteiger partial charge is 0.493 e. The maximum atomic E-state index is 5.50. The number of hydrogen-bond donors (Lipinski definition) is 1. The summed E-state index contributed by atoms with van der Waals surface area (Å²) in [6, 6.07) is 6.75. The van der Waals surface area contributed by atoms with Crippen LogP contribution in [0.3, 0.4) is 0 Å². The molecule has 162 valence electrons. The minimum Gasteiger partial charge on any atom is -0.493 e. The summed E-state index contributed by atoms with van der Waals surface area (Å²) in [6.07, 6.45) is 3.18. The second kappa shape index (κ2) is 11.3. The zero-order chi connectivity index (χ0) is 20.5. The number of nitrogens with one attached hydrogen (secondary N) is 1. The summed E-state index contributed by atoms with van der Waals surface area (Å²) in [4.78, 5) is 9.89. The Labute approximate surface area is 175 Å². The maximum Gasteiger partial charge on any atom is 0.193 e. The third-order valence-electron chi connectivity index (χ3n) is 5.69. The van der Waals surface area contributed by atoms with Gasteiger partial charge in [0.15, 0.2) is 17.5 Å². The van der Waals surface area contributed by atoms with Crippen molar-refractivity contribution in [3.63, 3.8) is 0 Å². The number of aliphatic imine (C=N–C) groups is 1. The molecule has 7 nitrogen and oxygen atoms in total. The molecule has 0 radical (unpaired) electrons. The molecule has 0 aromatic heterocycles. The Morgan fingerprint density at radius 3 is 2.69 bits per heavy atom. The summed E-state index contributed by atoms with van der Waals surface area (Å²) < 4.78 is 16.2. The van der Waals surface area contributed by atoms with Crippen molar-refractivity contribution < 1.29 is 14.2 Å². The summed E-state index contributed by atoms with van der Waals surface area (Å²) in [5, 5.41) is 3.48. The molecule has 7 heteroatoms. The lowest BCUT2D eigenvalue weighted by molar-refractivity contribution is 0.0195. The zero-order valence-corrected chi connectivity index (χ0v) is 18.2. The summed E-state index contributed by atoms with van der Waals surface area (Å²) in [5.41, 5.74) is 1.25. The number of benzene rings is 1. The monoisotopic (exact) mass is 404 g/mol. The lowest BCUT2D eigenvalue weighted by atomic mass is 10.1. The van der Waals surface area contributed by atoms with Crippen LogP contribution in [0.15, 0.2) is 23.2 Å². The fourth-order valence-corrected chi connectivity index (χ4v) is 4.10. The molecule has 2 aliphatic rings. The Hall–Kier alpha value is -1.99. The number of rotatable bonds is 8. The van der Waals surface area contributed by atoms with Gasteiger partial charge in [0.2, 0.25) is 0 Å². The fourth-order valence-electron chi connectivity index (χ4n) is 4.10. The van der Waals surface area contributed by atoms with Gasteiger partial charge >= 0.3 is 0 Å². The first kappa shape index (κ1) is 21.7. The van der Waals surface area contributed by atoms with Gasteiger partial charge in [-0.05, 0) is 43.9 Å². The van der Waals surface area contributed by atoms with Gasteiger partial charge in [-0.3, -0.25) is 9.89 Å². The molecule has 2 aliphatic heterocycles. The molecule has 0 spiro atoms. The number of nitrogens with zero attached hydrogens (tertiary/aromatic N) is 3. The maximum absolute atomic E-state index is 5.50. The molecule has 2 fully saturated rings. The van der Waals surface area contributed by atoms with Crippen LogP contribution < -0.4 is 14.8 Å². The minimum atomic E-state index is 0.620. The number of aryl methyl sites for hydroxylation is 1. The molecular formula is C22H36N4O3. The van der Waals surface area contributed by atoms with Crippen LogP contribution in [0, 0.1) is 0 Å². The number of methoxy groups -OCH3 is 2. The van der Waals surface area contributed by atoms with Crippen molar-refractivity contribution >= 4 is 5.96 Å². The van der Waals surface area contributed by atoms with Crippen molar-refractivity contribution in [2.45, 2.75) is 32.2 Å². The lowest BCUT2D eigenvalue weighted by Gasteiger charge is -2.32. The fraction of sp³-hybridized carbons (Fsp3) is 0.682. The molecule has 29 heavy (non-hydrogen) atoms. The predicted molar refractivity (Wildman–Crippen MR) is 116 cm³/mol. The Kier molecular flexibility index (Phi) is 8.43. The molecule has 3 rings (SSSR count). The van der Waals surface area contributed by atoms with Crippen LogP contribution in [0.1, 0.15) is 25.3 Å². The average molecular weight is 405 g/mol. The molecule has 2 heterocycles. The number of guanidine groups is 1. The molecule has 1 unspecified atom stereocenters. The zero-order valence-electron chi connectivity index (χ0n) is 18.2. The standard InChI is InChI=1S/C22H36N4O3/c1-4-23-22(26-11-9-19(17-26)25-12-14-29-15-13-25)24-10-5-6-18-7-8-20(27-2)21(16-18)28-3/h7-8,16,19H,4-6,9-15,17H2,1-3H3,(H,23,24). The Morgan fingerprint density at radius 1 is 1.17 bits per heavy atom. The van der Waals surface area contributed by atoms with Gasteiger partial charge in [-0.1, -0.05) is 6.07 Å². The third kappa shape index (κ3) is 6.00. The summed E-state index contributed by atoms with van der Waals surface area (Å²) in [5.74, 6) is 2.61. The van der Waals surface area contributed by atoms with Gasteiger partial charge < -0.3 is 24.4 Å². The van der Waals surface area contributed by atoms with E-state index in [4.69, 9.17) is 19.2 Å². The van der Waals surface area contributed by atoms with Gasteiger partial charge in [0.05, 0.1) is 27.4 Å². The van der Waals surface area contributed by atoms with Crippen molar-refractivity contribution in [1.82, 2.24) is 15.1 Å². The van der Waals surface area contributed by atoms with Gasteiger partial charge in [-0.25, -0.2) is 0 Å². The first-order chi connectivity index (χ1) is 14.2. The van der Waals surface area contributed by atoms with Crippen LogP contribution in [0.25, 0.3) is 0 Å². The molecule has 1 atom stereocenters. The SMILES string of the molecule is CCNC(=NCCCc1ccc(OC)c(OC)c1)N1CCC(N2CCOCC2)C1. The first-order valence-electron chi connectivity index (χ1n) is 10.8. The number of hydrogen-bond acceptors (Lipinski definition) is 5. The highest BCUT2D eigenvalue weighted by Gasteiger charge is 2.30. The Balaban J connectivity index is 1.50. The summed E-state index contributed by atoms with van der Waals surface area (Å²) in [6.45, 7) is 9.80. The lowest BCUT2D eigenvalue weighted by Crippen LogP contribution is -2.46. The topological polar surface area (TPSA) is 58.6 Å². The Bertz CT molecular complexity index is 661. The van der Waals surface area contributed by atoms with E-state index in [2.05, 4.69) is 34.2 Å². The van der Waals surface area contributed by atoms with Crippen molar-refractivity contribution in [3.05, 3.63) is 23.8 Å². The minimum absolute atomic E-state index is 0.620. The first-order valence-corrected chi connectivity index (χ1v) is 10.8. The molecule has 0 saturated carbocycles. The van der Waals surface area contributed by atoms with Gasteiger partial charge in [-0.2, -0.15) is 0 Å². The van der Waals surface area contributed by atoms with E-state index in [0.29, 0.717) is 6.04 Å². The van der Waals surface area contributed by atoms with E-state index >= 15 is 0 Å². The average Bonchev–Trinajstić information content (AvgIpc) is 3.26. The molecule has 1 aromatic carbocycles. The van der Waals surface area contributed by atoms with Crippen molar-refractivity contribution in [2.75, 3.05) is 66.7 Å². The van der Waals surface area contributed by atoms with E-state index in [1.54, 1.807) is 14.2 Å². The van der Waals surface area contributed by atoms with Crippen LogP contribution in [-0.4, -0.2) is 88.5 Å². The van der Waals surface area contributed by atoms with E-state index in [0.717, 1.165) is 82.8 Å². The summed E-state index contributed by atoms with van der Waals surface area (Å²) in [7, 11) is 3.34. The van der Waals surface area contributed by atoms with Gasteiger partial charge in [0.1, 0.15) is 0 Å².